The molecular formula is C23H19N3O2. The van der Waals surface area contributed by atoms with Crippen LogP contribution < -0.4 is 5.32 Å². The van der Waals surface area contributed by atoms with Crippen LogP contribution >= 0.6 is 0 Å². The first-order valence-corrected chi connectivity index (χ1v) is 9.63. The van der Waals surface area contributed by atoms with Gasteiger partial charge in [-0.1, -0.05) is 38.1 Å². The van der Waals surface area contributed by atoms with E-state index in [0.29, 0.717) is 11.1 Å². The van der Waals surface area contributed by atoms with Gasteiger partial charge in [-0.15, -0.1) is 0 Å². The number of aromatic nitrogens is 2. The number of nitrogens with one attached hydrogen (secondary N) is 2. The number of H-pyrrole nitrogens is 1. The Hall–Kier alpha value is -3.47. The Labute approximate surface area is 161 Å². The second kappa shape index (κ2) is 6.02. The summed E-state index contributed by atoms with van der Waals surface area (Å²) in [4.78, 5) is 33.0. The van der Waals surface area contributed by atoms with E-state index in [2.05, 4.69) is 27.4 Å². The average molecular weight is 369 g/mol. The van der Waals surface area contributed by atoms with Crippen LogP contribution in [0.25, 0.3) is 33.1 Å². The molecule has 2 aromatic heterocycles. The SMILES string of the molecule is CC.O=C1NC(=O)c2c1c1c(c3[nH]c4ncccc4c23)-c2ccccc2CC1. The quantitative estimate of drug-likeness (QED) is 0.451. The summed E-state index contributed by atoms with van der Waals surface area (Å²) in [6.07, 6.45) is 3.33. The number of aryl methyl sites for hydroxylation is 1. The maximum Gasteiger partial charge on any atom is 0.259 e. The molecule has 3 heterocycles. The van der Waals surface area contributed by atoms with Gasteiger partial charge in [0.05, 0.1) is 16.6 Å². The zero-order valence-corrected chi connectivity index (χ0v) is 15.7. The molecule has 138 valence electrons. The van der Waals surface area contributed by atoms with Gasteiger partial charge in [0, 0.05) is 22.5 Å². The second-order valence-corrected chi connectivity index (χ2v) is 6.82. The lowest BCUT2D eigenvalue weighted by atomic mass is 9.80. The van der Waals surface area contributed by atoms with Gasteiger partial charge in [-0.2, -0.15) is 0 Å². The first-order valence-electron chi connectivity index (χ1n) is 9.63. The number of carbonyl (C=O) groups excluding carboxylic acids is 2. The average Bonchev–Trinajstić information content (AvgIpc) is 3.26. The van der Waals surface area contributed by atoms with Crippen LogP contribution in [-0.4, -0.2) is 21.8 Å². The maximum absolute atomic E-state index is 12.6. The van der Waals surface area contributed by atoms with E-state index in [-0.39, 0.29) is 11.8 Å². The highest BCUT2D eigenvalue weighted by atomic mass is 16.2. The lowest BCUT2D eigenvalue weighted by Crippen LogP contribution is -2.20. The fourth-order valence-electron chi connectivity index (χ4n) is 4.52. The first-order chi connectivity index (χ1) is 13.7. The van der Waals surface area contributed by atoms with Crippen molar-refractivity contribution >= 4 is 33.8 Å². The van der Waals surface area contributed by atoms with Crippen LogP contribution in [-0.2, 0) is 12.8 Å². The Bertz CT molecular complexity index is 1300. The van der Waals surface area contributed by atoms with Crippen molar-refractivity contribution in [1.82, 2.24) is 15.3 Å². The van der Waals surface area contributed by atoms with E-state index in [4.69, 9.17) is 0 Å². The van der Waals surface area contributed by atoms with Crippen molar-refractivity contribution in [1.29, 1.82) is 0 Å². The van der Waals surface area contributed by atoms with Crippen LogP contribution in [0.1, 0.15) is 45.7 Å². The van der Waals surface area contributed by atoms with Crippen LogP contribution in [0.15, 0.2) is 42.6 Å². The number of imide groups is 1. The number of hydrogen-bond acceptors (Lipinski definition) is 3. The van der Waals surface area contributed by atoms with Crippen LogP contribution in [0.4, 0.5) is 0 Å². The first kappa shape index (κ1) is 16.7. The fraction of sp³-hybridized carbons (Fsp3) is 0.174. The van der Waals surface area contributed by atoms with Crippen molar-refractivity contribution in [3.05, 3.63) is 64.8 Å². The molecule has 2 aromatic carbocycles. The van der Waals surface area contributed by atoms with Crippen molar-refractivity contribution in [3.63, 3.8) is 0 Å². The molecule has 0 radical (unpaired) electrons. The highest BCUT2D eigenvalue weighted by Gasteiger charge is 2.37. The molecule has 1 aliphatic heterocycles. The number of benzene rings is 2. The van der Waals surface area contributed by atoms with Crippen LogP contribution in [0.3, 0.4) is 0 Å². The summed E-state index contributed by atoms with van der Waals surface area (Å²) in [7, 11) is 0. The Morgan fingerprint density at radius 2 is 1.68 bits per heavy atom. The molecule has 5 heteroatoms. The van der Waals surface area contributed by atoms with E-state index < -0.39 is 0 Å². The molecule has 0 saturated carbocycles. The summed E-state index contributed by atoms with van der Waals surface area (Å²) in [5.74, 6) is -0.609. The number of rotatable bonds is 0. The molecule has 2 amide bonds. The number of nitrogens with zero attached hydrogens (tertiary/aromatic N) is 1. The number of aromatic amines is 1. The molecule has 0 unspecified atom stereocenters. The third-order valence-corrected chi connectivity index (χ3v) is 5.54. The van der Waals surface area contributed by atoms with Gasteiger partial charge < -0.3 is 4.98 Å². The Balaban J connectivity index is 0.000000829. The van der Waals surface area contributed by atoms with Gasteiger partial charge in [-0.3, -0.25) is 14.9 Å². The highest BCUT2D eigenvalue weighted by Crippen LogP contribution is 2.45. The monoisotopic (exact) mass is 369 g/mol. The molecule has 28 heavy (non-hydrogen) atoms. The smallest absolute Gasteiger partial charge is 0.259 e. The minimum Gasteiger partial charge on any atom is -0.339 e. The van der Waals surface area contributed by atoms with Gasteiger partial charge in [0.1, 0.15) is 5.65 Å². The van der Waals surface area contributed by atoms with Gasteiger partial charge >= 0.3 is 0 Å². The maximum atomic E-state index is 12.6. The van der Waals surface area contributed by atoms with E-state index in [9.17, 15) is 9.59 Å². The predicted molar refractivity (Wildman–Crippen MR) is 110 cm³/mol. The predicted octanol–water partition coefficient (Wildman–Crippen LogP) is 4.39. The van der Waals surface area contributed by atoms with E-state index in [1.165, 1.54) is 5.56 Å². The zero-order valence-electron chi connectivity index (χ0n) is 15.7. The minimum absolute atomic E-state index is 0.291. The van der Waals surface area contributed by atoms with Gasteiger partial charge in [0.25, 0.3) is 11.8 Å². The lowest BCUT2D eigenvalue weighted by Gasteiger charge is -2.22. The summed E-state index contributed by atoms with van der Waals surface area (Å²) >= 11 is 0. The molecule has 4 aromatic rings. The molecule has 2 N–H and O–H groups in total. The molecule has 6 rings (SSSR count). The van der Waals surface area contributed by atoms with Crippen molar-refractivity contribution in [3.8, 4) is 11.1 Å². The minimum atomic E-state index is -0.318. The molecule has 5 nitrogen and oxygen atoms in total. The van der Waals surface area contributed by atoms with E-state index in [1.807, 2.05) is 38.1 Å². The Morgan fingerprint density at radius 3 is 2.54 bits per heavy atom. The Kier molecular flexibility index (Phi) is 3.59. The zero-order chi connectivity index (χ0) is 19.4. The fourth-order valence-corrected chi connectivity index (χ4v) is 4.52. The summed E-state index contributed by atoms with van der Waals surface area (Å²) in [5, 5.41) is 4.15. The van der Waals surface area contributed by atoms with Crippen molar-refractivity contribution < 1.29 is 9.59 Å². The molecule has 1 aliphatic carbocycles. The number of amides is 2. The van der Waals surface area contributed by atoms with Gasteiger partial charge in [-0.05, 0) is 41.7 Å². The summed E-state index contributed by atoms with van der Waals surface area (Å²) in [5.41, 5.74) is 7.03. The third-order valence-electron chi connectivity index (χ3n) is 5.54. The topological polar surface area (TPSA) is 74.8 Å². The van der Waals surface area contributed by atoms with Crippen molar-refractivity contribution in [2.45, 2.75) is 26.7 Å². The number of hydrogen-bond donors (Lipinski definition) is 2. The standard InChI is InChI=1S/C21H13N3O2.C2H6/c25-20-16-12-8-7-10-4-1-2-5-11(10)14(12)18-15(17(16)21(26)24-20)13-6-3-9-22-19(13)23-18;1-2/h1-6,9H,7-8H2,(H,22,23)(H,24,25,26);1-2H3. The molecular weight excluding hydrogens is 350 g/mol. The molecule has 2 aliphatic rings. The number of pyridine rings is 1. The molecule has 0 bridgehead atoms. The van der Waals surface area contributed by atoms with E-state index in [0.717, 1.165) is 51.5 Å². The normalized spacial score (nSPS) is 14.2. The molecule has 0 saturated heterocycles. The van der Waals surface area contributed by atoms with Crippen LogP contribution in [0.2, 0.25) is 0 Å². The van der Waals surface area contributed by atoms with Crippen molar-refractivity contribution in [2.75, 3.05) is 0 Å². The summed E-state index contributed by atoms with van der Waals surface area (Å²) in [6.45, 7) is 4.00. The lowest BCUT2D eigenvalue weighted by molar-refractivity contribution is 0.0880. The molecule has 0 fully saturated rings. The molecule has 0 atom stereocenters. The highest BCUT2D eigenvalue weighted by molar-refractivity contribution is 6.32. The van der Waals surface area contributed by atoms with Crippen molar-refractivity contribution in [2.24, 2.45) is 0 Å². The van der Waals surface area contributed by atoms with Crippen LogP contribution in [0.5, 0.6) is 0 Å². The second-order valence-electron chi connectivity index (χ2n) is 6.82. The van der Waals surface area contributed by atoms with E-state index in [1.54, 1.807) is 6.20 Å². The summed E-state index contributed by atoms with van der Waals surface area (Å²) < 4.78 is 0. The largest absolute Gasteiger partial charge is 0.339 e. The van der Waals surface area contributed by atoms with E-state index >= 15 is 0 Å². The van der Waals surface area contributed by atoms with Gasteiger partial charge in [0.2, 0.25) is 0 Å². The summed E-state index contributed by atoms with van der Waals surface area (Å²) in [6, 6.07) is 12.1. The third kappa shape index (κ3) is 2.04. The van der Waals surface area contributed by atoms with Crippen LogP contribution in [0, 0.1) is 0 Å². The number of fused-ring (bicyclic) bond motifs is 10. The Morgan fingerprint density at radius 1 is 0.893 bits per heavy atom. The molecule has 0 spiro atoms. The van der Waals surface area contributed by atoms with Gasteiger partial charge in [0.15, 0.2) is 0 Å². The van der Waals surface area contributed by atoms with Gasteiger partial charge in [-0.25, -0.2) is 4.98 Å². The number of carbonyl (C=O) groups is 2.